The van der Waals surface area contributed by atoms with Gasteiger partial charge in [0.25, 0.3) is 0 Å². The summed E-state index contributed by atoms with van der Waals surface area (Å²) in [4.78, 5) is 11.4. The molecular formula is C13H11ClN2O4S. The lowest BCUT2D eigenvalue weighted by Crippen LogP contribution is -2.23. The first-order valence-electron chi connectivity index (χ1n) is 6.11. The van der Waals surface area contributed by atoms with Crippen LogP contribution < -0.4 is 10.0 Å². The van der Waals surface area contributed by atoms with Crippen LogP contribution in [0.4, 0.5) is 5.69 Å². The van der Waals surface area contributed by atoms with E-state index in [1.165, 1.54) is 18.2 Å². The van der Waals surface area contributed by atoms with E-state index in [0.29, 0.717) is 17.0 Å². The number of halogens is 1. The van der Waals surface area contributed by atoms with Gasteiger partial charge in [0.1, 0.15) is 5.76 Å². The van der Waals surface area contributed by atoms with Gasteiger partial charge in [-0.05, 0) is 47.5 Å². The number of anilines is 1. The van der Waals surface area contributed by atoms with Gasteiger partial charge in [0.05, 0.1) is 17.9 Å². The first-order valence-corrected chi connectivity index (χ1v) is 7.97. The Morgan fingerprint density at radius 1 is 1.29 bits per heavy atom. The topological polar surface area (TPSA) is 88.4 Å². The molecule has 1 aromatic carbocycles. The fourth-order valence-corrected chi connectivity index (χ4v) is 3.27. The normalized spacial score (nSPS) is 14.0. The summed E-state index contributed by atoms with van der Waals surface area (Å²) in [6.45, 7) is 0.00329. The minimum atomic E-state index is -3.68. The fourth-order valence-electron chi connectivity index (χ4n) is 2.07. The van der Waals surface area contributed by atoms with Gasteiger partial charge in [0.2, 0.25) is 15.9 Å². The maximum atomic E-state index is 12.2. The SMILES string of the molecule is O=C1Cc2cc(S(=O)(=O)NCc3ccc(Cl)o3)ccc2N1. The molecule has 0 saturated heterocycles. The summed E-state index contributed by atoms with van der Waals surface area (Å²) in [5.41, 5.74) is 1.32. The summed E-state index contributed by atoms with van der Waals surface area (Å²) < 4.78 is 31.9. The predicted molar refractivity (Wildman–Crippen MR) is 76.5 cm³/mol. The van der Waals surface area contributed by atoms with E-state index in [4.69, 9.17) is 16.0 Å². The van der Waals surface area contributed by atoms with E-state index in [2.05, 4.69) is 10.0 Å². The van der Waals surface area contributed by atoms with Crippen molar-refractivity contribution in [2.24, 2.45) is 0 Å². The van der Waals surface area contributed by atoms with E-state index in [0.717, 1.165) is 0 Å². The molecule has 1 aliphatic rings. The first kappa shape index (κ1) is 14.1. The molecule has 1 aliphatic heterocycles. The van der Waals surface area contributed by atoms with E-state index in [9.17, 15) is 13.2 Å². The van der Waals surface area contributed by atoms with Crippen molar-refractivity contribution < 1.29 is 17.6 Å². The van der Waals surface area contributed by atoms with E-state index in [-0.39, 0.29) is 29.0 Å². The molecule has 0 spiro atoms. The number of fused-ring (bicyclic) bond motifs is 1. The van der Waals surface area contributed by atoms with Gasteiger partial charge >= 0.3 is 0 Å². The highest BCUT2D eigenvalue weighted by Crippen LogP contribution is 2.25. The van der Waals surface area contributed by atoms with E-state index in [1.807, 2.05) is 0 Å². The lowest BCUT2D eigenvalue weighted by atomic mass is 10.2. The zero-order chi connectivity index (χ0) is 15.0. The number of rotatable bonds is 4. The highest BCUT2D eigenvalue weighted by molar-refractivity contribution is 7.89. The number of furan rings is 1. The molecule has 21 heavy (non-hydrogen) atoms. The molecule has 2 heterocycles. The summed E-state index contributed by atoms with van der Waals surface area (Å²) in [5, 5.41) is 2.85. The van der Waals surface area contributed by atoms with Crippen LogP contribution in [0, 0.1) is 0 Å². The Hall–Kier alpha value is -1.83. The van der Waals surface area contributed by atoms with Crippen LogP contribution in [-0.4, -0.2) is 14.3 Å². The molecule has 110 valence electrons. The second kappa shape index (κ2) is 5.18. The average molecular weight is 327 g/mol. The van der Waals surface area contributed by atoms with E-state index < -0.39 is 10.0 Å². The Kier molecular flexibility index (Phi) is 3.48. The maximum absolute atomic E-state index is 12.2. The molecule has 0 fully saturated rings. The number of amides is 1. The number of sulfonamides is 1. The van der Waals surface area contributed by atoms with Crippen molar-refractivity contribution in [2.75, 3.05) is 5.32 Å². The van der Waals surface area contributed by atoms with Crippen molar-refractivity contribution in [3.8, 4) is 0 Å². The lowest BCUT2D eigenvalue weighted by molar-refractivity contribution is -0.115. The molecular weight excluding hydrogens is 316 g/mol. The third-order valence-corrected chi connectivity index (χ3v) is 4.68. The molecule has 3 rings (SSSR count). The Bertz CT molecular complexity index is 813. The standard InChI is InChI=1S/C13H11ClN2O4S/c14-12-4-1-9(20-12)7-15-21(18,19)10-2-3-11-8(5-10)6-13(17)16-11/h1-5,15H,6-7H2,(H,16,17). The van der Waals surface area contributed by atoms with Crippen LogP contribution in [0.1, 0.15) is 11.3 Å². The number of hydrogen-bond acceptors (Lipinski definition) is 4. The molecule has 6 nitrogen and oxygen atoms in total. The molecule has 0 atom stereocenters. The molecule has 0 radical (unpaired) electrons. The van der Waals surface area contributed by atoms with Gasteiger partial charge in [0, 0.05) is 5.69 Å². The third kappa shape index (κ3) is 2.94. The van der Waals surface area contributed by atoms with Gasteiger partial charge in [-0.15, -0.1) is 0 Å². The Balaban J connectivity index is 1.79. The molecule has 2 N–H and O–H groups in total. The van der Waals surface area contributed by atoms with E-state index >= 15 is 0 Å². The maximum Gasteiger partial charge on any atom is 0.240 e. The van der Waals surface area contributed by atoms with Crippen LogP contribution in [0.5, 0.6) is 0 Å². The van der Waals surface area contributed by atoms with Crippen LogP contribution in [0.3, 0.4) is 0 Å². The van der Waals surface area contributed by atoms with Gasteiger partial charge < -0.3 is 9.73 Å². The van der Waals surface area contributed by atoms with Crippen LogP contribution >= 0.6 is 11.6 Å². The van der Waals surface area contributed by atoms with Crippen LogP contribution in [0.2, 0.25) is 5.22 Å². The number of nitrogens with one attached hydrogen (secondary N) is 2. The molecule has 1 aromatic heterocycles. The lowest BCUT2D eigenvalue weighted by Gasteiger charge is -2.07. The molecule has 8 heteroatoms. The fraction of sp³-hybridized carbons (Fsp3) is 0.154. The molecule has 0 bridgehead atoms. The zero-order valence-electron chi connectivity index (χ0n) is 10.7. The Morgan fingerprint density at radius 3 is 2.81 bits per heavy atom. The summed E-state index contributed by atoms with van der Waals surface area (Å²) in [6, 6.07) is 7.65. The summed E-state index contributed by atoms with van der Waals surface area (Å²) in [6.07, 6.45) is 0.187. The van der Waals surface area contributed by atoms with Crippen molar-refractivity contribution in [2.45, 2.75) is 17.9 Å². The van der Waals surface area contributed by atoms with Crippen molar-refractivity contribution in [3.05, 3.63) is 46.9 Å². The number of benzene rings is 1. The summed E-state index contributed by atoms with van der Waals surface area (Å²) in [7, 11) is -3.68. The van der Waals surface area contributed by atoms with Crippen molar-refractivity contribution in [3.63, 3.8) is 0 Å². The summed E-state index contributed by atoms with van der Waals surface area (Å²) in [5.74, 6) is 0.277. The quantitative estimate of drug-likeness (QED) is 0.898. The highest BCUT2D eigenvalue weighted by Gasteiger charge is 2.21. The molecule has 0 aliphatic carbocycles. The van der Waals surface area contributed by atoms with Crippen molar-refractivity contribution in [1.82, 2.24) is 4.72 Å². The number of hydrogen-bond donors (Lipinski definition) is 2. The van der Waals surface area contributed by atoms with Crippen LogP contribution in [-0.2, 0) is 27.8 Å². The molecule has 1 amide bonds. The van der Waals surface area contributed by atoms with E-state index in [1.54, 1.807) is 12.1 Å². The molecule has 0 saturated carbocycles. The zero-order valence-corrected chi connectivity index (χ0v) is 12.3. The van der Waals surface area contributed by atoms with Crippen molar-refractivity contribution >= 4 is 33.2 Å². The monoisotopic (exact) mass is 326 g/mol. The second-order valence-electron chi connectivity index (χ2n) is 4.57. The van der Waals surface area contributed by atoms with Gasteiger partial charge in [-0.3, -0.25) is 4.79 Å². The minimum absolute atomic E-state index is 0.00329. The van der Waals surface area contributed by atoms with Crippen molar-refractivity contribution in [1.29, 1.82) is 0 Å². The van der Waals surface area contributed by atoms with Crippen LogP contribution in [0.25, 0.3) is 0 Å². The number of carbonyl (C=O) groups is 1. The van der Waals surface area contributed by atoms with Gasteiger partial charge in [-0.2, -0.15) is 0 Å². The summed E-state index contributed by atoms with van der Waals surface area (Å²) >= 11 is 5.62. The smallest absolute Gasteiger partial charge is 0.240 e. The largest absolute Gasteiger partial charge is 0.448 e. The van der Waals surface area contributed by atoms with Gasteiger partial charge in [0.15, 0.2) is 5.22 Å². The van der Waals surface area contributed by atoms with Gasteiger partial charge in [-0.25, -0.2) is 13.1 Å². The van der Waals surface area contributed by atoms with Gasteiger partial charge in [-0.1, -0.05) is 0 Å². The number of carbonyl (C=O) groups excluding carboxylic acids is 1. The van der Waals surface area contributed by atoms with Crippen LogP contribution in [0.15, 0.2) is 39.6 Å². The predicted octanol–water partition coefficient (Wildman–Crippen LogP) is 1.91. The molecule has 0 unspecified atom stereocenters. The molecule has 2 aromatic rings. The minimum Gasteiger partial charge on any atom is -0.448 e. The highest BCUT2D eigenvalue weighted by atomic mass is 35.5. The Labute approximate surface area is 126 Å². The second-order valence-corrected chi connectivity index (χ2v) is 6.71. The third-order valence-electron chi connectivity index (χ3n) is 3.08. The Morgan fingerprint density at radius 2 is 2.10 bits per heavy atom. The first-order chi connectivity index (χ1) is 9.94. The average Bonchev–Trinajstić information content (AvgIpc) is 3.00.